The number of carbonyl (C=O) groups excluding carboxylic acids is 1. The topological polar surface area (TPSA) is 72.5 Å². The molecule has 7 heteroatoms. The summed E-state index contributed by atoms with van der Waals surface area (Å²) in [5.41, 5.74) is 4.76. The number of hydrogen-bond donors (Lipinski definition) is 2. The summed E-state index contributed by atoms with van der Waals surface area (Å²) in [6.45, 7) is 0. The van der Waals surface area contributed by atoms with Crippen LogP contribution < -0.4 is 20.1 Å². The monoisotopic (exact) mass is 381 g/mol. The lowest BCUT2D eigenvalue weighted by Gasteiger charge is -2.17. The SMILES string of the molecule is COc1ccc(Nc2nc(-c3ccc4c(c3)NC(=O)CC4)cs2)cc1OC. The molecule has 1 aliphatic rings. The summed E-state index contributed by atoms with van der Waals surface area (Å²) in [6.07, 6.45) is 1.33. The van der Waals surface area contributed by atoms with E-state index in [0.29, 0.717) is 17.9 Å². The smallest absolute Gasteiger partial charge is 0.224 e. The number of aromatic nitrogens is 1. The zero-order chi connectivity index (χ0) is 18.8. The normalized spacial score (nSPS) is 12.9. The van der Waals surface area contributed by atoms with Gasteiger partial charge in [0.1, 0.15) is 0 Å². The summed E-state index contributed by atoms with van der Waals surface area (Å²) < 4.78 is 10.6. The van der Waals surface area contributed by atoms with Crippen molar-refractivity contribution >= 4 is 33.8 Å². The minimum Gasteiger partial charge on any atom is -0.493 e. The molecule has 4 rings (SSSR count). The number of carbonyl (C=O) groups is 1. The molecular formula is C20H19N3O3S. The van der Waals surface area contributed by atoms with Crippen LogP contribution >= 0.6 is 11.3 Å². The van der Waals surface area contributed by atoms with Crippen molar-refractivity contribution in [1.82, 2.24) is 4.98 Å². The van der Waals surface area contributed by atoms with Crippen LogP contribution in [0.2, 0.25) is 0 Å². The lowest BCUT2D eigenvalue weighted by molar-refractivity contribution is -0.116. The van der Waals surface area contributed by atoms with Gasteiger partial charge in [0.05, 0.1) is 19.9 Å². The first-order chi connectivity index (χ1) is 13.2. The Morgan fingerprint density at radius 1 is 1.07 bits per heavy atom. The first kappa shape index (κ1) is 17.4. The third-order valence-electron chi connectivity index (χ3n) is 4.44. The van der Waals surface area contributed by atoms with Gasteiger partial charge in [-0.1, -0.05) is 12.1 Å². The fraction of sp³-hybridized carbons (Fsp3) is 0.200. The van der Waals surface area contributed by atoms with Crippen molar-refractivity contribution in [2.75, 3.05) is 24.9 Å². The molecule has 2 N–H and O–H groups in total. The first-order valence-corrected chi connectivity index (χ1v) is 9.42. The third kappa shape index (κ3) is 3.59. The molecule has 3 aromatic rings. The molecule has 0 aliphatic carbocycles. The highest BCUT2D eigenvalue weighted by Crippen LogP contribution is 2.34. The molecule has 0 saturated carbocycles. The van der Waals surface area contributed by atoms with Crippen LogP contribution in [0.15, 0.2) is 41.8 Å². The van der Waals surface area contributed by atoms with Gasteiger partial charge >= 0.3 is 0 Å². The van der Waals surface area contributed by atoms with Gasteiger partial charge in [0.15, 0.2) is 16.6 Å². The van der Waals surface area contributed by atoms with Crippen molar-refractivity contribution in [2.45, 2.75) is 12.8 Å². The Kier molecular flexibility index (Phi) is 4.68. The lowest BCUT2D eigenvalue weighted by atomic mass is 10.00. The fourth-order valence-electron chi connectivity index (χ4n) is 3.03. The molecule has 0 atom stereocenters. The van der Waals surface area contributed by atoms with Crippen molar-refractivity contribution in [3.63, 3.8) is 0 Å². The minimum atomic E-state index is 0.0636. The highest BCUT2D eigenvalue weighted by Gasteiger charge is 2.16. The largest absolute Gasteiger partial charge is 0.493 e. The van der Waals surface area contributed by atoms with Crippen LogP contribution in [0.25, 0.3) is 11.3 Å². The van der Waals surface area contributed by atoms with Gasteiger partial charge in [-0.2, -0.15) is 0 Å². The van der Waals surface area contributed by atoms with E-state index in [1.807, 2.05) is 35.7 Å². The Morgan fingerprint density at radius 2 is 1.93 bits per heavy atom. The van der Waals surface area contributed by atoms with Crippen LogP contribution in [0.1, 0.15) is 12.0 Å². The number of methoxy groups -OCH3 is 2. The summed E-state index contributed by atoms with van der Waals surface area (Å²) in [5.74, 6) is 1.40. The maximum Gasteiger partial charge on any atom is 0.224 e. The van der Waals surface area contributed by atoms with E-state index in [2.05, 4.69) is 21.7 Å². The Balaban J connectivity index is 1.56. The summed E-state index contributed by atoms with van der Waals surface area (Å²) in [7, 11) is 3.22. The second-order valence-electron chi connectivity index (χ2n) is 6.15. The van der Waals surface area contributed by atoms with Crippen LogP contribution in [0.5, 0.6) is 11.5 Å². The molecule has 138 valence electrons. The Bertz CT molecular complexity index is 1000. The van der Waals surface area contributed by atoms with E-state index in [9.17, 15) is 4.79 Å². The molecule has 1 aromatic heterocycles. The van der Waals surface area contributed by atoms with Crippen molar-refractivity contribution in [3.8, 4) is 22.8 Å². The van der Waals surface area contributed by atoms with E-state index in [4.69, 9.17) is 9.47 Å². The van der Waals surface area contributed by atoms with E-state index in [1.54, 1.807) is 14.2 Å². The predicted octanol–water partition coefficient (Wildman–Crippen LogP) is 4.46. The molecule has 2 heterocycles. The van der Waals surface area contributed by atoms with E-state index in [0.717, 1.165) is 39.7 Å². The van der Waals surface area contributed by atoms with E-state index < -0.39 is 0 Å². The van der Waals surface area contributed by atoms with E-state index in [-0.39, 0.29) is 5.91 Å². The molecule has 0 spiro atoms. The number of ether oxygens (including phenoxy) is 2. The van der Waals surface area contributed by atoms with E-state index >= 15 is 0 Å². The number of benzene rings is 2. The predicted molar refractivity (Wildman–Crippen MR) is 107 cm³/mol. The number of nitrogens with one attached hydrogen (secondary N) is 2. The number of rotatable bonds is 5. The maximum absolute atomic E-state index is 11.6. The van der Waals surface area contributed by atoms with Crippen molar-refractivity contribution in [2.24, 2.45) is 0 Å². The summed E-state index contributed by atoms with van der Waals surface area (Å²) >= 11 is 1.52. The van der Waals surface area contributed by atoms with Gasteiger partial charge in [0, 0.05) is 34.8 Å². The van der Waals surface area contributed by atoms with Gasteiger partial charge in [0.2, 0.25) is 5.91 Å². The van der Waals surface area contributed by atoms with Crippen LogP contribution in [0.3, 0.4) is 0 Å². The van der Waals surface area contributed by atoms with Crippen LogP contribution in [-0.4, -0.2) is 25.1 Å². The minimum absolute atomic E-state index is 0.0636. The number of anilines is 3. The first-order valence-electron chi connectivity index (χ1n) is 8.54. The Labute approximate surface area is 161 Å². The van der Waals surface area contributed by atoms with Crippen molar-refractivity contribution in [3.05, 3.63) is 47.3 Å². The van der Waals surface area contributed by atoms with Crippen LogP contribution in [0.4, 0.5) is 16.5 Å². The summed E-state index contributed by atoms with van der Waals surface area (Å²) in [6, 6.07) is 11.7. The zero-order valence-corrected chi connectivity index (χ0v) is 15.9. The van der Waals surface area contributed by atoms with Crippen molar-refractivity contribution in [1.29, 1.82) is 0 Å². The van der Waals surface area contributed by atoms with Gasteiger partial charge in [-0.25, -0.2) is 4.98 Å². The molecule has 2 aromatic carbocycles. The van der Waals surface area contributed by atoms with E-state index in [1.165, 1.54) is 11.3 Å². The molecule has 6 nitrogen and oxygen atoms in total. The summed E-state index contributed by atoms with van der Waals surface area (Å²) in [5, 5.41) is 9.00. The standard InChI is InChI=1S/C20H19N3O3S/c1-25-17-7-6-14(10-18(17)26-2)21-20-23-16(11-27-20)13-4-3-12-5-8-19(24)22-15(12)9-13/h3-4,6-7,9-11H,5,8H2,1-2H3,(H,21,23)(H,22,24). The van der Waals surface area contributed by atoms with Gasteiger partial charge in [-0.3, -0.25) is 4.79 Å². The summed E-state index contributed by atoms with van der Waals surface area (Å²) in [4.78, 5) is 16.3. The Morgan fingerprint density at radius 3 is 2.74 bits per heavy atom. The molecule has 0 bridgehead atoms. The number of hydrogen-bond acceptors (Lipinski definition) is 6. The van der Waals surface area contributed by atoms with Crippen LogP contribution in [0, 0.1) is 0 Å². The van der Waals surface area contributed by atoms with Gasteiger partial charge in [-0.05, 0) is 30.2 Å². The van der Waals surface area contributed by atoms with Crippen molar-refractivity contribution < 1.29 is 14.3 Å². The number of amides is 1. The molecular weight excluding hydrogens is 362 g/mol. The Hall–Kier alpha value is -3.06. The quantitative estimate of drug-likeness (QED) is 0.683. The molecule has 1 amide bonds. The fourth-order valence-corrected chi connectivity index (χ4v) is 3.77. The maximum atomic E-state index is 11.6. The average Bonchev–Trinajstić information content (AvgIpc) is 3.15. The molecule has 0 fully saturated rings. The highest BCUT2D eigenvalue weighted by molar-refractivity contribution is 7.14. The average molecular weight is 381 g/mol. The van der Waals surface area contributed by atoms with Gasteiger partial charge in [-0.15, -0.1) is 11.3 Å². The molecule has 0 saturated heterocycles. The number of nitrogens with zero attached hydrogens (tertiary/aromatic N) is 1. The second-order valence-corrected chi connectivity index (χ2v) is 7.01. The zero-order valence-electron chi connectivity index (χ0n) is 15.0. The lowest BCUT2D eigenvalue weighted by Crippen LogP contribution is -2.18. The number of fused-ring (bicyclic) bond motifs is 1. The van der Waals surface area contributed by atoms with Gasteiger partial charge < -0.3 is 20.1 Å². The molecule has 0 radical (unpaired) electrons. The highest BCUT2D eigenvalue weighted by atomic mass is 32.1. The molecule has 27 heavy (non-hydrogen) atoms. The van der Waals surface area contributed by atoms with Gasteiger partial charge in [0.25, 0.3) is 0 Å². The second kappa shape index (κ2) is 7.28. The number of thiazole rings is 1. The molecule has 0 unspecified atom stereocenters. The third-order valence-corrected chi connectivity index (χ3v) is 5.20. The number of aryl methyl sites for hydroxylation is 1. The van der Waals surface area contributed by atoms with Crippen LogP contribution in [-0.2, 0) is 11.2 Å². The molecule has 1 aliphatic heterocycles.